The Morgan fingerprint density at radius 2 is 1.38 bits per heavy atom. The lowest BCUT2D eigenvalue weighted by Crippen LogP contribution is -2.06. The largest absolute Gasteiger partial charge is 0.478 e. The molecule has 0 spiro atoms. The Bertz CT molecular complexity index is 271. The SMILES string of the molecule is C=C(CC(CC)CCCCCCCCCCCC)C(=O)O. The first-order valence-corrected chi connectivity index (χ1v) is 9.02. The number of carbonyl (C=O) groups is 1. The van der Waals surface area contributed by atoms with Gasteiger partial charge in [-0.05, 0) is 12.3 Å². The van der Waals surface area contributed by atoms with E-state index in [2.05, 4.69) is 20.4 Å². The van der Waals surface area contributed by atoms with Crippen LogP contribution in [0.3, 0.4) is 0 Å². The molecule has 0 radical (unpaired) electrons. The van der Waals surface area contributed by atoms with E-state index in [9.17, 15) is 4.79 Å². The van der Waals surface area contributed by atoms with Gasteiger partial charge < -0.3 is 5.11 Å². The highest BCUT2D eigenvalue weighted by Gasteiger charge is 2.12. The standard InChI is InChI=1S/C19H36O2/c1-4-6-7-8-9-10-11-12-13-14-15-18(5-2)16-17(3)19(20)21/h18H,3-16H2,1-2H3,(H,20,21). The summed E-state index contributed by atoms with van der Waals surface area (Å²) >= 11 is 0. The van der Waals surface area contributed by atoms with Crippen LogP contribution in [0.1, 0.15) is 97.3 Å². The van der Waals surface area contributed by atoms with Gasteiger partial charge in [0.2, 0.25) is 0 Å². The molecule has 0 saturated carbocycles. The first kappa shape index (κ1) is 20.2. The van der Waals surface area contributed by atoms with Gasteiger partial charge in [0, 0.05) is 5.57 Å². The predicted molar refractivity (Wildman–Crippen MR) is 91.6 cm³/mol. The number of hydrogen-bond acceptors (Lipinski definition) is 1. The number of unbranched alkanes of at least 4 members (excludes halogenated alkanes) is 9. The molecule has 0 fully saturated rings. The third kappa shape index (κ3) is 12.6. The van der Waals surface area contributed by atoms with Crippen molar-refractivity contribution >= 4 is 5.97 Å². The maximum absolute atomic E-state index is 10.8. The first-order valence-electron chi connectivity index (χ1n) is 9.02. The molecule has 1 unspecified atom stereocenters. The zero-order valence-corrected chi connectivity index (χ0v) is 14.3. The minimum atomic E-state index is -0.837. The van der Waals surface area contributed by atoms with E-state index in [1.165, 1.54) is 64.2 Å². The number of hydrogen-bond donors (Lipinski definition) is 1. The number of carboxylic acid groups (broad SMARTS) is 1. The summed E-state index contributed by atoms with van der Waals surface area (Å²) in [7, 11) is 0. The summed E-state index contributed by atoms with van der Waals surface area (Å²) in [5.41, 5.74) is 0.369. The van der Waals surface area contributed by atoms with Crippen LogP contribution in [-0.4, -0.2) is 11.1 Å². The highest BCUT2D eigenvalue weighted by Crippen LogP contribution is 2.21. The number of aliphatic carboxylic acids is 1. The van der Waals surface area contributed by atoms with Gasteiger partial charge in [0.05, 0.1) is 0 Å². The Kier molecular flexibility index (Phi) is 13.6. The molecule has 0 aliphatic rings. The van der Waals surface area contributed by atoms with Crippen LogP contribution >= 0.6 is 0 Å². The van der Waals surface area contributed by atoms with Crippen molar-refractivity contribution in [3.63, 3.8) is 0 Å². The molecule has 2 nitrogen and oxygen atoms in total. The molecule has 0 aliphatic carbocycles. The van der Waals surface area contributed by atoms with Gasteiger partial charge in [0.1, 0.15) is 0 Å². The Morgan fingerprint density at radius 1 is 0.905 bits per heavy atom. The van der Waals surface area contributed by atoms with Gasteiger partial charge in [0.25, 0.3) is 0 Å². The predicted octanol–water partition coefficient (Wildman–Crippen LogP) is 6.35. The van der Waals surface area contributed by atoms with E-state index in [1.807, 2.05) is 0 Å². The monoisotopic (exact) mass is 296 g/mol. The summed E-state index contributed by atoms with van der Waals surface area (Å²) in [6, 6.07) is 0. The maximum Gasteiger partial charge on any atom is 0.330 e. The molecule has 0 amide bonds. The molecule has 0 aromatic carbocycles. The van der Waals surface area contributed by atoms with E-state index in [0.29, 0.717) is 17.9 Å². The van der Waals surface area contributed by atoms with E-state index in [0.717, 1.165) is 12.8 Å². The fourth-order valence-corrected chi connectivity index (χ4v) is 2.81. The summed E-state index contributed by atoms with van der Waals surface area (Å²) in [6.45, 7) is 8.05. The van der Waals surface area contributed by atoms with Crippen molar-refractivity contribution in [2.24, 2.45) is 5.92 Å². The van der Waals surface area contributed by atoms with Crippen molar-refractivity contribution in [2.75, 3.05) is 0 Å². The Morgan fingerprint density at radius 3 is 1.81 bits per heavy atom. The van der Waals surface area contributed by atoms with Crippen molar-refractivity contribution < 1.29 is 9.90 Å². The van der Waals surface area contributed by atoms with Crippen molar-refractivity contribution in [1.82, 2.24) is 0 Å². The zero-order chi connectivity index (χ0) is 15.9. The molecule has 2 heteroatoms. The number of carboxylic acids is 1. The minimum Gasteiger partial charge on any atom is -0.478 e. The molecule has 0 aromatic heterocycles. The van der Waals surface area contributed by atoms with Gasteiger partial charge in [-0.3, -0.25) is 0 Å². The Balaban J connectivity index is 3.43. The van der Waals surface area contributed by atoms with Crippen LogP contribution in [0, 0.1) is 5.92 Å². The van der Waals surface area contributed by atoms with Crippen molar-refractivity contribution in [1.29, 1.82) is 0 Å². The molecule has 0 heterocycles. The van der Waals surface area contributed by atoms with Gasteiger partial charge in [-0.1, -0.05) is 97.5 Å². The molecule has 21 heavy (non-hydrogen) atoms. The molecule has 1 atom stereocenters. The first-order chi connectivity index (χ1) is 10.1. The lowest BCUT2D eigenvalue weighted by molar-refractivity contribution is -0.132. The lowest BCUT2D eigenvalue weighted by atomic mass is 9.92. The molecule has 0 saturated heterocycles. The second kappa shape index (κ2) is 14.2. The maximum atomic E-state index is 10.8. The van der Waals surface area contributed by atoms with Crippen LogP contribution in [0.2, 0.25) is 0 Å². The highest BCUT2D eigenvalue weighted by molar-refractivity contribution is 5.85. The number of rotatable bonds is 15. The summed E-state index contributed by atoms with van der Waals surface area (Å²) < 4.78 is 0. The molecule has 0 bridgehead atoms. The second-order valence-corrected chi connectivity index (χ2v) is 6.36. The normalized spacial score (nSPS) is 12.3. The van der Waals surface area contributed by atoms with E-state index in [4.69, 9.17) is 5.11 Å². The van der Waals surface area contributed by atoms with E-state index in [-0.39, 0.29) is 0 Å². The third-order valence-electron chi connectivity index (χ3n) is 4.38. The average molecular weight is 296 g/mol. The lowest BCUT2D eigenvalue weighted by Gasteiger charge is -2.14. The summed E-state index contributed by atoms with van der Waals surface area (Å²) in [6.07, 6.45) is 16.4. The zero-order valence-electron chi connectivity index (χ0n) is 14.3. The van der Waals surface area contributed by atoms with E-state index in [1.54, 1.807) is 0 Å². The Hall–Kier alpha value is -0.790. The second-order valence-electron chi connectivity index (χ2n) is 6.36. The minimum absolute atomic E-state index is 0.369. The molecule has 0 rings (SSSR count). The molecule has 0 aromatic rings. The van der Waals surface area contributed by atoms with E-state index < -0.39 is 5.97 Å². The van der Waals surface area contributed by atoms with Gasteiger partial charge >= 0.3 is 5.97 Å². The van der Waals surface area contributed by atoms with Crippen LogP contribution in [0.25, 0.3) is 0 Å². The van der Waals surface area contributed by atoms with Crippen LogP contribution in [0.4, 0.5) is 0 Å². The molecule has 1 N–H and O–H groups in total. The van der Waals surface area contributed by atoms with Crippen LogP contribution in [-0.2, 0) is 4.79 Å². The van der Waals surface area contributed by atoms with Crippen molar-refractivity contribution in [2.45, 2.75) is 97.3 Å². The van der Waals surface area contributed by atoms with Crippen LogP contribution < -0.4 is 0 Å². The fraction of sp³-hybridized carbons (Fsp3) is 0.842. The summed E-state index contributed by atoms with van der Waals surface area (Å²) in [5.74, 6) is -0.334. The van der Waals surface area contributed by atoms with Crippen LogP contribution in [0.15, 0.2) is 12.2 Å². The summed E-state index contributed by atoms with van der Waals surface area (Å²) in [5, 5.41) is 8.87. The highest BCUT2D eigenvalue weighted by atomic mass is 16.4. The van der Waals surface area contributed by atoms with Gasteiger partial charge in [-0.25, -0.2) is 4.79 Å². The molecular weight excluding hydrogens is 260 g/mol. The summed E-state index contributed by atoms with van der Waals surface area (Å²) in [4.78, 5) is 10.8. The molecule has 0 aliphatic heterocycles. The Labute approximate surface area is 132 Å². The molecular formula is C19H36O2. The smallest absolute Gasteiger partial charge is 0.330 e. The topological polar surface area (TPSA) is 37.3 Å². The van der Waals surface area contributed by atoms with Crippen LogP contribution in [0.5, 0.6) is 0 Å². The molecule has 124 valence electrons. The quantitative estimate of drug-likeness (QED) is 0.282. The van der Waals surface area contributed by atoms with E-state index >= 15 is 0 Å². The van der Waals surface area contributed by atoms with Gasteiger partial charge in [0.15, 0.2) is 0 Å². The van der Waals surface area contributed by atoms with Gasteiger partial charge in [-0.2, -0.15) is 0 Å². The van der Waals surface area contributed by atoms with Gasteiger partial charge in [-0.15, -0.1) is 0 Å². The van der Waals surface area contributed by atoms with Crippen molar-refractivity contribution in [3.8, 4) is 0 Å². The third-order valence-corrected chi connectivity index (χ3v) is 4.38. The fourth-order valence-electron chi connectivity index (χ4n) is 2.81. The average Bonchev–Trinajstić information content (AvgIpc) is 2.47. The van der Waals surface area contributed by atoms with Crippen molar-refractivity contribution in [3.05, 3.63) is 12.2 Å².